The number of nitrogens with one attached hydrogen (secondary N) is 1. The number of carbonyl (C=O) groups excluding carboxylic acids is 1. The maximum Gasteiger partial charge on any atom is 0.244 e. The summed E-state index contributed by atoms with van der Waals surface area (Å²) in [4.78, 5) is 18.0. The fourth-order valence-corrected chi connectivity index (χ4v) is 1.95. The maximum absolute atomic E-state index is 12.0. The monoisotopic (exact) mass is 261 g/mol. The van der Waals surface area contributed by atoms with E-state index >= 15 is 0 Å². The largest absolute Gasteiger partial charge is 0.373 e. The van der Waals surface area contributed by atoms with E-state index in [1.165, 1.54) is 0 Å². The number of nitrogens with zero attached hydrogens (tertiary/aromatic N) is 4. The Morgan fingerprint density at radius 2 is 2.32 bits per heavy atom. The lowest BCUT2D eigenvalue weighted by atomic mass is 10.2. The van der Waals surface area contributed by atoms with Crippen LogP contribution in [0.15, 0.2) is 18.5 Å². The molecule has 102 valence electrons. The molecule has 19 heavy (non-hydrogen) atoms. The molecule has 0 saturated heterocycles. The van der Waals surface area contributed by atoms with Gasteiger partial charge in [-0.15, -0.1) is 0 Å². The number of aromatic nitrogens is 3. The Hall–Kier alpha value is -2.11. The van der Waals surface area contributed by atoms with Gasteiger partial charge in [-0.25, -0.2) is 4.98 Å². The van der Waals surface area contributed by atoms with Gasteiger partial charge in [0.2, 0.25) is 5.91 Å². The van der Waals surface area contributed by atoms with Gasteiger partial charge in [-0.1, -0.05) is 0 Å². The smallest absolute Gasteiger partial charge is 0.244 e. The van der Waals surface area contributed by atoms with E-state index in [-0.39, 0.29) is 11.9 Å². The number of rotatable bonds is 4. The lowest BCUT2D eigenvalue weighted by Crippen LogP contribution is -2.38. The molecule has 6 nitrogen and oxygen atoms in total. The highest BCUT2D eigenvalue weighted by atomic mass is 16.2. The number of aryl methyl sites for hydroxylation is 1. The van der Waals surface area contributed by atoms with E-state index in [0.717, 1.165) is 16.7 Å². The molecule has 1 atom stereocenters. The number of pyridine rings is 1. The van der Waals surface area contributed by atoms with Gasteiger partial charge >= 0.3 is 0 Å². The number of fused-ring (bicyclic) bond motifs is 1. The Morgan fingerprint density at radius 3 is 3.00 bits per heavy atom. The summed E-state index contributed by atoms with van der Waals surface area (Å²) in [5, 5.41) is 8.33. The molecule has 2 aromatic heterocycles. The van der Waals surface area contributed by atoms with Gasteiger partial charge in [0.15, 0.2) is 5.65 Å². The average Bonchev–Trinajstić information content (AvgIpc) is 2.80. The molecular formula is C13H19N5O. The van der Waals surface area contributed by atoms with Crippen LogP contribution < -0.4 is 5.32 Å². The fraction of sp³-hybridized carbons (Fsp3) is 0.462. The first-order chi connectivity index (χ1) is 9.04. The lowest BCUT2D eigenvalue weighted by Gasteiger charge is -2.21. The van der Waals surface area contributed by atoms with Gasteiger partial charge in [-0.3, -0.25) is 9.48 Å². The molecule has 0 bridgehead atoms. The van der Waals surface area contributed by atoms with Crippen molar-refractivity contribution in [1.29, 1.82) is 0 Å². The first kappa shape index (κ1) is 13.3. The van der Waals surface area contributed by atoms with E-state index < -0.39 is 0 Å². The SMILES string of the molecule is CCN(C)C(=O)C(C)Nc1ccnc2c1cnn2C. The second-order valence-electron chi connectivity index (χ2n) is 4.58. The summed E-state index contributed by atoms with van der Waals surface area (Å²) in [7, 11) is 3.64. The summed E-state index contributed by atoms with van der Waals surface area (Å²) in [5.41, 5.74) is 1.68. The minimum atomic E-state index is -0.282. The Labute approximate surface area is 112 Å². The zero-order chi connectivity index (χ0) is 14.0. The highest BCUT2D eigenvalue weighted by Gasteiger charge is 2.17. The van der Waals surface area contributed by atoms with Crippen molar-refractivity contribution in [3.05, 3.63) is 18.5 Å². The predicted molar refractivity (Wildman–Crippen MR) is 74.9 cm³/mol. The molecule has 0 radical (unpaired) electrons. The lowest BCUT2D eigenvalue weighted by molar-refractivity contribution is -0.130. The van der Waals surface area contributed by atoms with E-state index in [1.807, 2.05) is 27.0 Å². The van der Waals surface area contributed by atoms with Crippen molar-refractivity contribution in [2.45, 2.75) is 19.9 Å². The van der Waals surface area contributed by atoms with Gasteiger partial charge in [-0.2, -0.15) is 5.10 Å². The summed E-state index contributed by atoms with van der Waals surface area (Å²) in [6, 6.07) is 1.58. The zero-order valence-electron chi connectivity index (χ0n) is 11.7. The highest BCUT2D eigenvalue weighted by Crippen LogP contribution is 2.21. The van der Waals surface area contributed by atoms with Crippen LogP contribution in [0.4, 0.5) is 5.69 Å². The molecule has 1 N–H and O–H groups in total. The van der Waals surface area contributed by atoms with Crippen molar-refractivity contribution >= 4 is 22.6 Å². The van der Waals surface area contributed by atoms with Crippen LogP contribution in [0.1, 0.15) is 13.8 Å². The number of carbonyl (C=O) groups is 1. The first-order valence-electron chi connectivity index (χ1n) is 6.32. The van der Waals surface area contributed by atoms with E-state index in [9.17, 15) is 4.79 Å². The van der Waals surface area contributed by atoms with Crippen LogP contribution in [0.25, 0.3) is 11.0 Å². The Balaban J connectivity index is 2.24. The summed E-state index contributed by atoms with van der Waals surface area (Å²) in [6.07, 6.45) is 3.47. The van der Waals surface area contributed by atoms with Gasteiger partial charge in [0.1, 0.15) is 6.04 Å². The van der Waals surface area contributed by atoms with E-state index in [2.05, 4.69) is 15.4 Å². The van der Waals surface area contributed by atoms with Crippen molar-refractivity contribution in [3.8, 4) is 0 Å². The molecule has 2 aromatic rings. The van der Waals surface area contributed by atoms with E-state index in [1.54, 1.807) is 29.0 Å². The third-order valence-corrected chi connectivity index (χ3v) is 3.23. The minimum Gasteiger partial charge on any atom is -0.373 e. The molecular weight excluding hydrogens is 242 g/mol. The van der Waals surface area contributed by atoms with Crippen molar-refractivity contribution < 1.29 is 4.79 Å². The second-order valence-corrected chi connectivity index (χ2v) is 4.58. The summed E-state index contributed by atoms with van der Waals surface area (Å²) >= 11 is 0. The van der Waals surface area contributed by atoms with Crippen LogP contribution in [0, 0.1) is 0 Å². The summed E-state index contributed by atoms with van der Waals surface area (Å²) in [5.74, 6) is 0.0661. The number of likely N-dealkylation sites (N-methyl/N-ethyl adjacent to an activating group) is 1. The summed E-state index contributed by atoms with van der Waals surface area (Å²) < 4.78 is 1.71. The molecule has 0 aliphatic carbocycles. The first-order valence-corrected chi connectivity index (χ1v) is 6.32. The highest BCUT2D eigenvalue weighted by molar-refractivity contribution is 5.92. The Bertz CT molecular complexity index is 592. The third-order valence-electron chi connectivity index (χ3n) is 3.23. The van der Waals surface area contributed by atoms with Gasteiger partial charge < -0.3 is 10.2 Å². The molecule has 6 heteroatoms. The molecule has 0 aliphatic rings. The van der Waals surface area contributed by atoms with Crippen molar-refractivity contribution in [3.63, 3.8) is 0 Å². The number of amides is 1. The van der Waals surface area contributed by atoms with Gasteiger partial charge in [0.05, 0.1) is 11.6 Å². The van der Waals surface area contributed by atoms with Gasteiger partial charge in [-0.05, 0) is 19.9 Å². The molecule has 0 fully saturated rings. The van der Waals surface area contributed by atoms with E-state index in [4.69, 9.17) is 0 Å². The number of hydrogen-bond donors (Lipinski definition) is 1. The number of anilines is 1. The van der Waals surface area contributed by atoms with Crippen LogP contribution in [0.3, 0.4) is 0 Å². The molecule has 1 unspecified atom stereocenters. The summed E-state index contributed by atoms with van der Waals surface area (Å²) in [6.45, 7) is 4.51. The maximum atomic E-state index is 12.0. The number of hydrogen-bond acceptors (Lipinski definition) is 4. The molecule has 0 spiro atoms. The topological polar surface area (TPSA) is 63.1 Å². The molecule has 2 heterocycles. The van der Waals surface area contributed by atoms with Crippen LogP contribution in [-0.4, -0.2) is 45.2 Å². The van der Waals surface area contributed by atoms with Crippen molar-refractivity contribution in [1.82, 2.24) is 19.7 Å². The van der Waals surface area contributed by atoms with Crippen LogP contribution in [0.2, 0.25) is 0 Å². The quantitative estimate of drug-likeness (QED) is 0.899. The van der Waals surface area contributed by atoms with Crippen LogP contribution in [0.5, 0.6) is 0 Å². The normalized spacial score (nSPS) is 12.4. The zero-order valence-corrected chi connectivity index (χ0v) is 11.7. The second kappa shape index (κ2) is 5.26. The standard InChI is InChI=1S/C13H19N5O/c1-5-17(3)13(19)9(2)16-11-6-7-14-12-10(11)8-15-18(12)4/h6-9H,5H2,1-4H3,(H,14,16). The fourth-order valence-electron chi connectivity index (χ4n) is 1.95. The Kier molecular flexibility index (Phi) is 3.69. The van der Waals surface area contributed by atoms with Crippen LogP contribution >= 0.6 is 0 Å². The Morgan fingerprint density at radius 1 is 1.58 bits per heavy atom. The van der Waals surface area contributed by atoms with Crippen molar-refractivity contribution in [2.24, 2.45) is 7.05 Å². The van der Waals surface area contributed by atoms with Crippen molar-refractivity contribution in [2.75, 3.05) is 18.9 Å². The molecule has 0 saturated carbocycles. The molecule has 0 aliphatic heterocycles. The van der Waals surface area contributed by atoms with Gasteiger partial charge in [0, 0.05) is 32.5 Å². The van der Waals surface area contributed by atoms with E-state index in [0.29, 0.717) is 6.54 Å². The van der Waals surface area contributed by atoms with Crippen LogP contribution in [-0.2, 0) is 11.8 Å². The predicted octanol–water partition coefficient (Wildman–Crippen LogP) is 1.25. The molecule has 0 aromatic carbocycles. The third kappa shape index (κ3) is 2.52. The average molecular weight is 261 g/mol. The van der Waals surface area contributed by atoms with Gasteiger partial charge in [0.25, 0.3) is 0 Å². The molecule has 2 rings (SSSR count). The minimum absolute atomic E-state index is 0.0661. The molecule has 1 amide bonds.